The van der Waals surface area contributed by atoms with Crippen molar-refractivity contribution < 1.29 is 9.90 Å². The Balaban J connectivity index is 2.19. The van der Waals surface area contributed by atoms with Crippen LogP contribution < -0.4 is 5.32 Å². The summed E-state index contributed by atoms with van der Waals surface area (Å²) >= 11 is 0. The Hall–Kier alpha value is -1.50. The van der Waals surface area contributed by atoms with Crippen LogP contribution in [-0.4, -0.2) is 44.8 Å². The predicted molar refractivity (Wildman–Crippen MR) is 42.8 cm³/mol. The van der Waals surface area contributed by atoms with Gasteiger partial charge >= 0.3 is 0 Å². The first-order valence-electron chi connectivity index (χ1n) is 3.97. The number of amides is 1. The number of aromatic nitrogens is 4. The number of aliphatic hydroxyl groups is 1. The van der Waals surface area contributed by atoms with E-state index in [1.54, 1.807) is 0 Å². The summed E-state index contributed by atoms with van der Waals surface area (Å²) in [6.07, 6.45) is 1.41. The van der Waals surface area contributed by atoms with Gasteiger partial charge in [-0.3, -0.25) is 4.79 Å². The molecule has 1 rings (SSSR count). The fraction of sp³-hybridized carbons (Fsp3) is 0.667. The molecule has 0 saturated carbocycles. The van der Waals surface area contributed by atoms with Gasteiger partial charge in [0.1, 0.15) is 0 Å². The van der Waals surface area contributed by atoms with E-state index < -0.39 is 0 Å². The molecular weight excluding hydrogens is 174 g/mol. The minimum absolute atomic E-state index is 0.0315. The zero-order chi connectivity index (χ0) is 9.52. The largest absolute Gasteiger partial charge is 0.396 e. The Morgan fingerprint density at radius 1 is 1.54 bits per heavy atom. The second kappa shape index (κ2) is 5.20. The van der Waals surface area contributed by atoms with Gasteiger partial charge in [0.25, 0.3) is 11.7 Å². The van der Waals surface area contributed by atoms with Crippen LogP contribution in [0, 0.1) is 0 Å². The van der Waals surface area contributed by atoms with Crippen molar-refractivity contribution in [1.29, 1.82) is 0 Å². The maximum Gasteiger partial charge on any atom is 0.292 e. The molecule has 7 heteroatoms. The molecular formula is C6H11N5O2. The number of nitrogens with zero attached hydrogens (tertiary/aromatic N) is 3. The first-order chi connectivity index (χ1) is 6.34. The number of hydrogen-bond donors (Lipinski definition) is 3. The summed E-state index contributed by atoms with van der Waals surface area (Å²) in [5, 5.41) is 23.5. The molecule has 13 heavy (non-hydrogen) atoms. The fourth-order valence-corrected chi connectivity index (χ4v) is 0.776. The van der Waals surface area contributed by atoms with Crippen molar-refractivity contribution in [3.8, 4) is 0 Å². The molecule has 0 unspecified atom stereocenters. The highest BCUT2D eigenvalue weighted by atomic mass is 16.2. The van der Waals surface area contributed by atoms with E-state index >= 15 is 0 Å². The number of carbonyl (C=O) groups is 1. The lowest BCUT2D eigenvalue weighted by Gasteiger charge is -1.99. The van der Waals surface area contributed by atoms with E-state index in [1.165, 1.54) is 0 Å². The van der Waals surface area contributed by atoms with Crippen LogP contribution in [0.25, 0.3) is 0 Å². The molecule has 1 heterocycles. The summed E-state index contributed by atoms with van der Waals surface area (Å²) in [5.41, 5.74) is 0. The SMILES string of the molecule is O=C(NCCCCO)c1nn[nH]n1. The first kappa shape index (κ1) is 9.59. The number of tetrazole rings is 1. The van der Waals surface area contributed by atoms with Crippen LogP contribution in [0.15, 0.2) is 0 Å². The average Bonchev–Trinajstić information content (AvgIpc) is 2.65. The van der Waals surface area contributed by atoms with E-state index in [2.05, 4.69) is 25.9 Å². The Kier molecular flexibility index (Phi) is 3.83. The van der Waals surface area contributed by atoms with Gasteiger partial charge in [0, 0.05) is 13.2 Å². The van der Waals surface area contributed by atoms with E-state index in [0.717, 1.165) is 6.42 Å². The monoisotopic (exact) mass is 185 g/mol. The van der Waals surface area contributed by atoms with Gasteiger partial charge in [-0.1, -0.05) is 0 Å². The molecule has 1 aromatic heterocycles. The summed E-state index contributed by atoms with van der Waals surface area (Å²) < 4.78 is 0. The van der Waals surface area contributed by atoms with Crippen molar-refractivity contribution >= 4 is 5.91 Å². The van der Waals surface area contributed by atoms with Gasteiger partial charge in [-0.15, -0.1) is 10.2 Å². The Bertz CT molecular complexity index is 248. The van der Waals surface area contributed by atoms with Crippen LogP contribution >= 0.6 is 0 Å². The third kappa shape index (κ3) is 3.16. The van der Waals surface area contributed by atoms with Crippen molar-refractivity contribution in [2.75, 3.05) is 13.2 Å². The van der Waals surface area contributed by atoms with Crippen LogP contribution in [0.1, 0.15) is 23.5 Å². The zero-order valence-corrected chi connectivity index (χ0v) is 7.03. The van der Waals surface area contributed by atoms with Crippen molar-refractivity contribution in [1.82, 2.24) is 25.9 Å². The first-order valence-corrected chi connectivity index (χ1v) is 3.97. The third-order valence-corrected chi connectivity index (χ3v) is 1.42. The molecule has 0 spiro atoms. The Morgan fingerprint density at radius 3 is 3.00 bits per heavy atom. The van der Waals surface area contributed by atoms with Crippen LogP contribution in [0.4, 0.5) is 0 Å². The van der Waals surface area contributed by atoms with E-state index in [0.29, 0.717) is 13.0 Å². The van der Waals surface area contributed by atoms with Gasteiger partial charge in [0.15, 0.2) is 0 Å². The van der Waals surface area contributed by atoms with Gasteiger partial charge in [-0.2, -0.15) is 5.21 Å². The molecule has 0 saturated heterocycles. The fourth-order valence-electron chi connectivity index (χ4n) is 0.776. The maximum absolute atomic E-state index is 11.1. The normalized spacial score (nSPS) is 9.92. The molecule has 0 fully saturated rings. The predicted octanol–water partition coefficient (Wildman–Crippen LogP) is -1.30. The molecule has 0 atom stereocenters. The molecule has 3 N–H and O–H groups in total. The van der Waals surface area contributed by atoms with Crippen LogP contribution in [0.2, 0.25) is 0 Å². The van der Waals surface area contributed by atoms with E-state index in [9.17, 15) is 4.79 Å². The highest BCUT2D eigenvalue weighted by molar-refractivity contribution is 5.89. The van der Waals surface area contributed by atoms with Crippen LogP contribution in [-0.2, 0) is 0 Å². The Morgan fingerprint density at radius 2 is 2.38 bits per heavy atom. The number of carbonyl (C=O) groups excluding carboxylic acids is 1. The second-order valence-electron chi connectivity index (χ2n) is 2.42. The number of aliphatic hydroxyl groups excluding tert-OH is 1. The smallest absolute Gasteiger partial charge is 0.292 e. The minimum atomic E-state index is -0.355. The number of nitrogens with one attached hydrogen (secondary N) is 2. The molecule has 0 aliphatic carbocycles. The lowest BCUT2D eigenvalue weighted by atomic mass is 10.3. The quantitative estimate of drug-likeness (QED) is 0.495. The summed E-state index contributed by atoms with van der Waals surface area (Å²) in [6.45, 7) is 0.645. The summed E-state index contributed by atoms with van der Waals surface area (Å²) in [5.74, 6) is -0.323. The number of hydrogen-bond acceptors (Lipinski definition) is 5. The van der Waals surface area contributed by atoms with Gasteiger partial charge in [-0.25, -0.2) is 0 Å². The standard InChI is InChI=1S/C6H11N5O2/c12-4-2-1-3-7-6(13)5-8-10-11-9-5/h12H,1-4H2,(H,7,13)(H,8,9,10,11). The van der Waals surface area contributed by atoms with Gasteiger partial charge < -0.3 is 10.4 Å². The topological polar surface area (TPSA) is 104 Å². The zero-order valence-electron chi connectivity index (χ0n) is 7.03. The van der Waals surface area contributed by atoms with E-state index in [4.69, 9.17) is 5.11 Å². The highest BCUT2D eigenvalue weighted by Crippen LogP contribution is 1.86. The maximum atomic E-state index is 11.1. The molecule has 0 bridgehead atoms. The molecule has 0 aliphatic rings. The van der Waals surface area contributed by atoms with Crippen molar-refractivity contribution in [2.45, 2.75) is 12.8 Å². The van der Waals surface area contributed by atoms with Crippen molar-refractivity contribution in [3.05, 3.63) is 5.82 Å². The van der Waals surface area contributed by atoms with Crippen molar-refractivity contribution in [3.63, 3.8) is 0 Å². The second-order valence-corrected chi connectivity index (χ2v) is 2.42. The minimum Gasteiger partial charge on any atom is -0.396 e. The summed E-state index contributed by atoms with van der Waals surface area (Å²) in [6, 6.07) is 0. The lowest BCUT2D eigenvalue weighted by molar-refractivity contribution is 0.0942. The number of unbranched alkanes of at least 4 members (excludes halogenated alkanes) is 1. The summed E-state index contributed by atoms with van der Waals surface area (Å²) in [7, 11) is 0. The molecule has 1 amide bonds. The summed E-state index contributed by atoms with van der Waals surface area (Å²) in [4.78, 5) is 11.1. The molecule has 0 aromatic carbocycles. The number of rotatable bonds is 5. The van der Waals surface area contributed by atoms with Crippen molar-refractivity contribution in [2.24, 2.45) is 0 Å². The Labute approximate surface area is 74.5 Å². The number of H-pyrrole nitrogens is 1. The highest BCUT2D eigenvalue weighted by Gasteiger charge is 2.08. The van der Waals surface area contributed by atoms with E-state index in [-0.39, 0.29) is 18.3 Å². The van der Waals surface area contributed by atoms with E-state index in [1.807, 2.05) is 0 Å². The molecule has 7 nitrogen and oxygen atoms in total. The van der Waals surface area contributed by atoms with Gasteiger partial charge in [0.05, 0.1) is 0 Å². The average molecular weight is 185 g/mol. The molecule has 1 aromatic rings. The molecule has 0 radical (unpaired) electrons. The van der Waals surface area contributed by atoms with Crippen LogP contribution in [0.5, 0.6) is 0 Å². The molecule has 72 valence electrons. The molecule has 0 aliphatic heterocycles. The third-order valence-electron chi connectivity index (χ3n) is 1.42. The van der Waals surface area contributed by atoms with Crippen LogP contribution in [0.3, 0.4) is 0 Å². The lowest BCUT2D eigenvalue weighted by Crippen LogP contribution is -2.25. The number of aromatic amines is 1. The van der Waals surface area contributed by atoms with Gasteiger partial charge in [0.2, 0.25) is 0 Å². The van der Waals surface area contributed by atoms with Gasteiger partial charge in [-0.05, 0) is 18.1 Å².